The third kappa shape index (κ3) is 2.85. The van der Waals surface area contributed by atoms with E-state index in [0.29, 0.717) is 19.6 Å². The summed E-state index contributed by atoms with van der Waals surface area (Å²) >= 11 is 0. The van der Waals surface area contributed by atoms with E-state index < -0.39 is 6.10 Å². The number of amides is 1. The number of rotatable bonds is 4. The monoisotopic (exact) mass is 452 g/mol. The summed E-state index contributed by atoms with van der Waals surface area (Å²) in [5, 5.41) is 18.6. The Morgan fingerprint density at radius 1 is 0.912 bits per heavy atom. The van der Waals surface area contributed by atoms with Crippen LogP contribution in [0.5, 0.6) is 0 Å². The van der Waals surface area contributed by atoms with E-state index in [0.717, 1.165) is 67.8 Å². The number of aliphatic hydroxyl groups excluding tert-OH is 1. The SMILES string of the molecule is O=C1NCc2c1c1c3ccccc3n(CC(O)CN3CCCCC3)c1c1[nH]c3ccccc3c21. The van der Waals surface area contributed by atoms with Gasteiger partial charge in [0.1, 0.15) is 0 Å². The van der Waals surface area contributed by atoms with Crippen molar-refractivity contribution in [2.45, 2.75) is 38.5 Å². The first kappa shape index (κ1) is 20.1. The van der Waals surface area contributed by atoms with Gasteiger partial charge in [-0.2, -0.15) is 0 Å². The second-order valence-corrected chi connectivity index (χ2v) is 9.82. The van der Waals surface area contributed by atoms with Crippen molar-refractivity contribution in [1.82, 2.24) is 19.8 Å². The zero-order valence-electron chi connectivity index (χ0n) is 19.1. The van der Waals surface area contributed by atoms with Crippen LogP contribution < -0.4 is 5.32 Å². The highest BCUT2D eigenvalue weighted by atomic mass is 16.3. The van der Waals surface area contributed by atoms with E-state index in [1.54, 1.807) is 0 Å². The number of benzene rings is 3. The maximum atomic E-state index is 13.1. The second kappa shape index (κ2) is 7.58. The predicted molar refractivity (Wildman–Crippen MR) is 136 cm³/mol. The second-order valence-electron chi connectivity index (χ2n) is 9.82. The molecule has 2 aromatic heterocycles. The maximum Gasteiger partial charge on any atom is 0.252 e. The number of hydrogen-bond donors (Lipinski definition) is 3. The molecule has 4 heterocycles. The Balaban J connectivity index is 1.51. The van der Waals surface area contributed by atoms with Gasteiger partial charge in [0.15, 0.2) is 0 Å². The fourth-order valence-corrected chi connectivity index (χ4v) is 6.31. The van der Waals surface area contributed by atoms with Gasteiger partial charge in [-0.25, -0.2) is 0 Å². The van der Waals surface area contributed by atoms with Gasteiger partial charge in [0.25, 0.3) is 5.91 Å². The Bertz CT molecular complexity index is 1590. The number of piperidine rings is 1. The molecule has 1 fully saturated rings. The van der Waals surface area contributed by atoms with Crippen molar-refractivity contribution in [2.24, 2.45) is 0 Å². The molecule has 1 atom stereocenters. The van der Waals surface area contributed by atoms with Crippen LogP contribution >= 0.6 is 0 Å². The van der Waals surface area contributed by atoms with Crippen LogP contribution in [-0.2, 0) is 13.1 Å². The summed E-state index contributed by atoms with van der Waals surface area (Å²) in [7, 11) is 0. The molecule has 2 aliphatic heterocycles. The molecule has 0 saturated carbocycles. The van der Waals surface area contributed by atoms with Gasteiger partial charge < -0.3 is 24.9 Å². The minimum Gasteiger partial charge on any atom is -0.390 e. The summed E-state index contributed by atoms with van der Waals surface area (Å²) in [6.07, 6.45) is 3.21. The summed E-state index contributed by atoms with van der Waals surface area (Å²) in [6, 6.07) is 16.6. The standard InChI is InChI=1S/C28H28N4O2/c33-17(15-31-12-6-1-7-13-31)16-32-22-11-5-3-9-19(22)24-25-20(14-29-28(25)34)23-18-8-2-4-10-21(18)30-26(23)27(24)32/h2-5,8-11,17,30,33H,1,6-7,12-16H2,(H,29,34). The predicted octanol–water partition coefficient (Wildman–Crippen LogP) is 4.52. The number of nitrogens with one attached hydrogen (secondary N) is 2. The first-order valence-corrected chi connectivity index (χ1v) is 12.4. The van der Waals surface area contributed by atoms with Crippen molar-refractivity contribution < 1.29 is 9.90 Å². The van der Waals surface area contributed by atoms with Crippen molar-refractivity contribution in [3.8, 4) is 0 Å². The van der Waals surface area contributed by atoms with E-state index in [2.05, 4.69) is 44.0 Å². The number of carbonyl (C=O) groups excluding carboxylic acids is 1. The van der Waals surface area contributed by atoms with Gasteiger partial charge in [0.2, 0.25) is 0 Å². The summed E-state index contributed by atoms with van der Waals surface area (Å²) in [6.45, 7) is 3.83. The number of nitrogens with zero attached hydrogens (tertiary/aromatic N) is 2. The largest absolute Gasteiger partial charge is 0.390 e. The molecule has 6 heteroatoms. The van der Waals surface area contributed by atoms with E-state index >= 15 is 0 Å². The lowest BCUT2D eigenvalue weighted by Gasteiger charge is -2.28. The first-order chi connectivity index (χ1) is 16.7. The zero-order chi connectivity index (χ0) is 22.8. The number of aliphatic hydroxyl groups is 1. The van der Waals surface area contributed by atoms with Crippen LogP contribution in [-0.4, -0.2) is 51.2 Å². The molecule has 5 aromatic rings. The number of fused-ring (bicyclic) bond motifs is 10. The summed E-state index contributed by atoms with van der Waals surface area (Å²) in [5.74, 6) is -0.0102. The first-order valence-electron chi connectivity index (χ1n) is 12.4. The Morgan fingerprint density at radius 2 is 1.68 bits per heavy atom. The van der Waals surface area contributed by atoms with E-state index in [-0.39, 0.29) is 5.91 Å². The number of β-amino-alcohol motifs (C(OH)–C–C–N with tert-alkyl or cyclic N) is 1. The van der Waals surface area contributed by atoms with Crippen LogP contribution in [0, 0.1) is 0 Å². The Hall–Kier alpha value is -3.35. The van der Waals surface area contributed by atoms with E-state index in [9.17, 15) is 9.90 Å². The molecule has 0 bridgehead atoms. The number of para-hydroxylation sites is 2. The lowest BCUT2D eigenvalue weighted by molar-refractivity contribution is 0.0901. The molecule has 7 rings (SSSR count). The molecular formula is C28H28N4O2. The molecule has 0 radical (unpaired) electrons. The fraction of sp³-hybridized carbons (Fsp3) is 0.321. The van der Waals surface area contributed by atoms with Crippen molar-refractivity contribution in [2.75, 3.05) is 19.6 Å². The highest BCUT2D eigenvalue weighted by Gasteiger charge is 2.31. The maximum absolute atomic E-state index is 13.1. The lowest BCUT2D eigenvalue weighted by Crippen LogP contribution is -2.38. The topological polar surface area (TPSA) is 73.3 Å². The molecule has 2 aliphatic rings. The highest BCUT2D eigenvalue weighted by Crippen LogP contribution is 2.43. The minimum absolute atomic E-state index is 0.0102. The van der Waals surface area contributed by atoms with Crippen LogP contribution in [0.4, 0.5) is 0 Å². The summed E-state index contributed by atoms with van der Waals surface area (Å²) < 4.78 is 2.24. The van der Waals surface area contributed by atoms with Crippen molar-refractivity contribution in [3.63, 3.8) is 0 Å². The van der Waals surface area contributed by atoms with Gasteiger partial charge in [0, 0.05) is 45.7 Å². The molecule has 1 saturated heterocycles. The van der Waals surface area contributed by atoms with Crippen LogP contribution in [0.1, 0.15) is 35.2 Å². The van der Waals surface area contributed by atoms with Crippen LogP contribution in [0.25, 0.3) is 43.6 Å². The Kier molecular flexibility index (Phi) is 4.47. The average Bonchev–Trinajstić information content (AvgIpc) is 3.52. The molecule has 34 heavy (non-hydrogen) atoms. The van der Waals surface area contributed by atoms with E-state index in [1.807, 2.05) is 24.3 Å². The number of carbonyl (C=O) groups is 1. The van der Waals surface area contributed by atoms with Gasteiger partial charge in [-0.05, 0) is 43.6 Å². The normalized spacial score (nSPS) is 17.7. The summed E-state index contributed by atoms with van der Waals surface area (Å²) in [5.41, 5.74) is 6.05. The average molecular weight is 453 g/mol. The molecular weight excluding hydrogens is 424 g/mol. The van der Waals surface area contributed by atoms with Gasteiger partial charge >= 0.3 is 0 Å². The Labute approximate surface area is 197 Å². The molecule has 1 unspecified atom stereocenters. The molecule has 3 aromatic carbocycles. The van der Waals surface area contributed by atoms with Crippen molar-refractivity contribution in [3.05, 3.63) is 59.7 Å². The summed E-state index contributed by atoms with van der Waals surface area (Å²) in [4.78, 5) is 19.2. The van der Waals surface area contributed by atoms with E-state index in [1.165, 1.54) is 19.3 Å². The van der Waals surface area contributed by atoms with Crippen LogP contribution in [0.15, 0.2) is 48.5 Å². The number of hydrogen-bond acceptors (Lipinski definition) is 3. The zero-order valence-corrected chi connectivity index (χ0v) is 19.1. The minimum atomic E-state index is -0.487. The number of aromatic nitrogens is 2. The quantitative estimate of drug-likeness (QED) is 0.375. The van der Waals surface area contributed by atoms with Crippen molar-refractivity contribution in [1.29, 1.82) is 0 Å². The molecule has 172 valence electrons. The lowest BCUT2D eigenvalue weighted by atomic mass is 9.97. The number of aromatic amines is 1. The van der Waals surface area contributed by atoms with E-state index in [4.69, 9.17) is 0 Å². The van der Waals surface area contributed by atoms with Gasteiger partial charge in [-0.1, -0.05) is 42.8 Å². The molecule has 3 N–H and O–H groups in total. The molecule has 6 nitrogen and oxygen atoms in total. The number of H-pyrrole nitrogens is 1. The van der Waals surface area contributed by atoms with Crippen LogP contribution in [0.3, 0.4) is 0 Å². The van der Waals surface area contributed by atoms with Gasteiger partial charge in [-0.15, -0.1) is 0 Å². The molecule has 0 spiro atoms. The Morgan fingerprint density at radius 3 is 2.53 bits per heavy atom. The van der Waals surface area contributed by atoms with Gasteiger partial charge in [-0.3, -0.25) is 4.79 Å². The van der Waals surface area contributed by atoms with Crippen molar-refractivity contribution >= 4 is 49.5 Å². The fourth-order valence-electron chi connectivity index (χ4n) is 6.31. The van der Waals surface area contributed by atoms with Crippen LogP contribution in [0.2, 0.25) is 0 Å². The molecule has 0 aliphatic carbocycles. The third-order valence-corrected chi connectivity index (χ3v) is 7.73. The van der Waals surface area contributed by atoms with Gasteiger partial charge in [0.05, 0.1) is 29.2 Å². The number of likely N-dealkylation sites (tertiary alicyclic amines) is 1. The third-order valence-electron chi connectivity index (χ3n) is 7.73. The molecule has 1 amide bonds. The smallest absolute Gasteiger partial charge is 0.252 e. The highest BCUT2D eigenvalue weighted by molar-refractivity contribution is 6.30.